The number of hydrogen-bond donors (Lipinski definition) is 1. The van der Waals surface area contributed by atoms with E-state index in [1.54, 1.807) is 6.92 Å². The molecule has 0 aromatic carbocycles. The van der Waals surface area contributed by atoms with Gasteiger partial charge < -0.3 is 9.72 Å². The van der Waals surface area contributed by atoms with E-state index in [2.05, 4.69) is 25.9 Å². The Morgan fingerprint density at radius 1 is 1.56 bits per heavy atom. The van der Waals surface area contributed by atoms with Crippen molar-refractivity contribution in [3.8, 4) is 10.7 Å². The minimum Gasteiger partial charge on any atom is -0.462 e. The number of rotatable bonds is 3. The van der Waals surface area contributed by atoms with Gasteiger partial charge in [0.15, 0.2) is 0 Å². The van der Waals surface area contributed by atoms with Crippen LogP contribution in [0.4, 0.5) is 0 Å². The third-order valence-corrected chi connectivity index (χ3v) is 3.73. The van der Waals surface area contributed by atoms with Crippen LogP contribution < -0.4 is 5.56 Å². The van der Waals surface area contributed by atoms with Gasteiger partial charge >= 0.3 is 5.97 Å². The van der Waals surface area contributed by atoms with Crippen molar-refractivity contribution < 1.29 is 9.53 Å². The number of aromatic nitrogens is 2. The monoisotopic (exact) mass is 328 g/mol. The number of carbonyl (C=O) groups excluding carboxylic acids is 1. The van der Waals surface area contributed by atoms with Crippen LogP contribution in [0.1, 0.15) is 17.3 Å². The van der Waals surface area contributed by atoms with Gasteiger partial charge in [-0.1, -0.05) is 0 Å². The summed E-state index contributed by atoms with van der Waals surface area (Å²) in [6.45, 7) is 1.90. The van der Waals surface area contributed by atoms with E-state index in [1.165, 1.54) is 17.5 Å². The summed E-state index contributed by atoms with van der Waals surface area (Å²) < 4.78 is 5.69. The van der Waals surface area contributed by atoms with E-state index < -0.39 is 11.5 Å². The van der Waals surface area contributed by atoms with Crippen molar-refractivity contribution in [2.24, 2.45) is 0 Å². The molecular weight excluding hydrogens is 320 g/mol. The lowest BCUT2D eigenvalue weighted by Crippen LogP contribution is -2.20. The summed E-state index contributed by atoms with van der Waals surface area (Å²) in [5, 5.41) is 0. The molecule has 94 valence electrons. The molecule has 0 aliphatic rings. The van der Waals surface area contributed by atoms with Gasteiger partial charge in [0.1, 0.15) is 11.4 Å². The van der Waals surface area contributed by atoms with Gasteiger partial charge in [-0.05, 0) is 35.0 Å². The molecule has 0 aliphatic carbocycles. The first-order chi connectivity index (χ1) is 8.61. The molecule has 0 atom stereocenters. The molecule has 2 heterocycles. The number of aromatic amines is 1. The fourth-order valence-corrected chi connectivity index (χ4v) is 2.65. The number of ether oxygens (including phenoxy) is 1. The zero-order valence-electron chi connectivity index (χ0n) is 9.40. The van der Waals surface area contributed by atoms with Crippen molar-refractivity contribution in [3.63, 3.8) is 0 Å². The molecule has 0 spiro atoms. The van der Waals surface area contributed by atoms with Crippen LogP contribution in [0, 0.1) is 0 Å². The molecule has 0 saturated heterocycles. The third kappa shape index (κ3) is 2.68. The van der Waals surface area contributed by atoms with Crippen LogP contribution in [-0.4, -0.2) is 22.5 Å². The van der Waals surface area contributed by atoms with Crippen molar-refractivity contribution in [2.45, 2.75) is 6.92 Å². The lowest BCUT2D eigenvalue weighted by atomic mass is 10.3. The quantitative estimate of drug-likeness (QED) is 0.878. The Bertz CT molecular complexity index is 635. The number of halogens is 1. The second kappa shape index (κ2) is 5.45. The molecule has 0 bridgehead atoms. The Morgan fingerprint density at radius 2 is 2.33 bits per heavy atom. The highest BCUT2D eigenvalue weighted by molar-refractivity contribution is 9.11. The zero-order chi connectivity index (χ0) is 13.1. The highest BCUT2D eigenvalue weighted by Gasteiger charge is 2.13. The van der Waals surface area contributed by atoms with E-state index in [4.69, 9.17) is 4.74 Å². The average Bonchev–Trinajstić information content (AvgIpc) is 2.76. The number of hydrogen-bond acceptors (Lipinski definition) is 5. The fraction of sp³-hybridized carbons (Fsp3) is 0.182. The zero-order valence-corrected chi connectivity index (χ0v) is 11.8. The van der Waals surface area contributed by atoms with Crippen LogP contribution in [0.5, 0.6) is 0 Å². The normalized spacial score (nSPS) is 10.3. The standard InChI is InChI=1S/C11H9BrN2O3S/c1-2-17-11(16)6-5-13-9(14-10(6)15)7-3-4-8(12)18-7/h3-5H,2H2,1H3,(H,13,14,15). The number of thiophene rings is 1. The van der Waals surface area contributed by atoms with Crippen LogP contribution in [0.15, 0.2) is 26.9 Å². The van der Waals surface area contributed by atoms with Crippen molar-refractivity contribution in [1.82, 2.24) is 9.97 Å². The molecule has 18 heavy (non-hydrogen) atoms. The van der Waals surface area contributed by atoms with Gasteiger partial charge in [-0.15, -0.1) is 11.3 Å². The van der Waals surface area contributed by atoms with Crippen LogP contribution in [0.3, 0.4) is 0 Å². The van der Waals surface area contributed by atoms with Crippen molar-refractivity contribution in [3.05, 3.63) is 38.0 Å². The first-order valence-corrected chi connectivity index (χ1v) is 6.75. The molecule has 0 fully saturated rings. The Balaban J connectivity index is 2.36. The topological polar surface area (TPSA) is 72.0 Å². The number of carbonyl (C=O) groups is 1. The van der Waals surface area contributed by atoms with E-state index in [1.807, 2.05) is 12.1 Å². The van der Waals surface area contributed by atoms with Crippen molar-refractivity contribution in [2.75, 3.05) is 6.61 Å². The minimum absolute atomic E-state index is 0.0868. The van der Waals surface area contributed by atoms with E-state index in [9.17, 15) is 9.59 Å². The molecule has 2 rings (SSSR count). The number of nitrogens with one attached hydrogen (secondary N) is 1. The SMILES string of the molecule is CCOC(=O)c1cnc(-c2ccc(Br)s2)[nH]c1=O. The van der Waals surface area contributed by atoms with E-state index in [0.29, 0.717) is 5.82 Å². The molecule has 1 N–H and O–H groups in total. The predicted molar refractivity (Wildman–Crippen MR) is 71.8 cm³/mol. The van der Waals surface area contributed by atoms with Gasteiger partial charge in [0.25, 0.3) is 5.56 Å². The maximum Gasteiger partial charge on any atom is 0.345 e. The molecule has 0 unspecified atom stereocenters. The molecule has 0 saturated carbocycles. The molecule has 2 aromatic heterocycles. The highest BCUT2D eigenvalue weighted by atomic mass is 79.9. The molecule has 0 amide bonds. The number of esters is 1. The van der Waals surface area contributed by atoms with Crippen molar-refractivity contribution in [1.29, 1.82) is 0 Å². The molecule has 2 aromatic rings. The summed E-state index contributed by atoms with van der Waals surface area (Å²) in [7, 11) is 0. The summed E-state index contributed by atoms with van der Waals surface area (Å²) in [5.41, 5.74) is -0.584. The summed E-state index contributed by atoms with van der Waals surface area (Å²) in [6.07, 6.45) is 1.24. The maximum atomic E-state index is 11.7. The predicted octanol–water partition coefficient (Wildman–Crippen LogP) is 2.44. The van der Waals surface area contributed by atoms with Gasteiger partial charge in [0.05, 0.1) is 15.3 Å². The van der Waals surface area contributed by atoms with Crippen molar-refractivity contribution >= 4 is 33.2 Å². The van der Waals surface area contributed by atoms with Gasteiger partial charge in [0.2, 0.25) is 0 Å². The highest BCUT2D eigenvalue weighted by Crippen LogP contribution is 2.28. The Hall–Kier alpha value is -1.47. The molecule has 0 radical (unpaired) electrons. The first-order valence-electron chi connectivity index (χ1n) is 5.14. The fourth-order valence-electron chi connectivity index (χ4n) is 1.32. The van der Waals surface area contributed by atoms with E-state index in [0.717, 1.165) is 8.66 Å². The average molecular weight is 329 g/mol. The van der Waals surface area contributed by atoms with Gasteiger partial charge in [-0.3, -0.25) is 4.79 Å². The molecule has 7 heteroatoms. The Labute approximate surface area is 115 Å². The van der Waals surface area contributed by atoms with Crippen LogP contribution in [-0.2, 0) is 4.74 Å². The first kappa shape index (κ1) is 13.0. The van der Waals surface area contributed by atoms with Gasteiger partial charge in [-0.2, -0.15) is 0 Å². The van der Waals surface area contributed by atoms with Crippen LogP contribution in [0.2, 0.25) is 0 Å². The number of H-pyrrole nitrogens is 1. The van der Waals surface area contributed by atoms with Gasteiger partial charge in [0, 0.05) is 6.20 Å². The van der Waals surface area contributed by atoms with E-state index >= 15 is 0 Å². The second-order valence-electron chi connectivity index (χ2n) is 3.30. The molecular formula is C11H9BrN2O3S. The summed E-state index contributed by atoms with van der Waals surface area (Å²) in [5.74, 6) is -0.228. The number of nitrogens with zero attached hydrogens (tertiary/aromatic N) is 1. The van der Waals surface area contributed by atoms with Gasteiger partial charge in [-0.25, -0.2) is 9.78 Å². The summed E-state index contributed by atoms with van der Waals surface area (Å²) in [6, 6.07) is 3.69. The van der Waals surface area contributed by atoms with Crippen LogP contribution >= 0.6 is 27.3 Å². The lowest BCUT2D eigenvalue weighted by molar-refractivity contribution is 0.0524. The second-order valence-corrected chi connectivity index (χ2v) is 5.76. The molecule has 0 aliphatic heterocycles. The molecule has 5 nitrogen and oxygen atoms in total. The smallest absolute Gasteiger partial charge is 0.345 e. The van der Waals surface area contributed by atoms with E-state index in [-0.39, 0.29) is 12.2 Å². The third-order valence-electron chi connectivity index (χ3n) is 2.10. The maximum absolute atomic E-state index is 11.7. The lowest BCUT2D eigenvalue weighted by Gasteiger charge is -2.01. The summed E-state index contributed by atoms with van der Waals surface area (Å²) in [4.78, 5) is 30.6. The minimum atomic E-state index is -0.662. The Kier molecular flexibility index (Phi) is 3.93. The Morgan fingerprint density at radius 3 is 2.89 bits per heavy atom. The summed E-state index contributed by atoms with van der Waals surface area (Å²) >= 11 is 4.77. The van der Waals surface area contributed by atoms with Crippen LogP contribution in [0.25, 0.3) is 10.7 Å². The largest absolute Gasteiger partial charge is 0.462 e.